The Kier molecular flexibility index (Phi) is 12.0. The Morgan fingerprint density at radius 2 is 1.26 bits per heavy atom. The number of para-hydroxylation sites is 1. The van der Waals surface area contributed by atoms with Crippen molar-refractivity contribution in [3.05, 3.63) is 206 Å². The Balaban J connectivity index is 0.000000280. The number of pyridine rings is 1. The van der Waals surface area contributed by atoms with E-state index in [1.165, 1.54) is 44.6 Å². The van der Waals surface area contributed by atoms with Crippen molar-refractivity contribution >= 4 is 33.0 Å². The first kappa shape index (κ1) is 42.0. The van der Waals surface area contributed by atoms with Gasteiger partial charge in [-0.2, -0.15) is 18.6 Å². The molecule has 0 saturated heterocycles. The third-order valence-electron chi connectivity index (χ3n) is 11.3. The van der Waals surface area contributed by atoms with Crippen LogP contribution in [0.2, 0.25) is 0 Å². The molecule has 0 bridgehead atoms. The first-order chi connectivity index (χ1) is 29.6. The summed E-state index contributed by atoms with van der Waals surface area (Å²) in [6.07, 6.45) is 1.35. The maximum absolute atomic E-state index is 12.9. The summed E-state index contributed by atoms with van der Waals surface area (Å²) < 4.78 is 27.7. The van der Waals surface area contributed by atoms with Crippen molar-refractivity contribution in [3.63, 3.8) is 0 Å². The van der Waals surface area contributed by atoms with Crippen LogP contribution in [0, 0.1) is 25.9 Å². The molecule has 3 heterocycles. The summed E-state index contributed by atoms with van der Waals surface area (Å²) >= 11 is 0. The molecule has 0 saturated carbocycles. The van der Waals surface area contributed by atoms with Gasteiger partial charge in [-0.3, -0.25) is 4.98 Å². The number of nitrogens with zero attached hydrogens (tertiary/aromatic N) is 2. The Hall–Kier alpha value is -6.72. The molecule has 0 aliphatic carbocycles. The van der Waals surface area contributed by atoms with Crippen LogP contribution in [-0.2, 0) is 20.1 Å². The SMILES string of the molecule is CC(C)c1cc(-c2ccccc2)cc(C(C)C)c1-c1cccc2nc(-c3[c-]ccc4c3oc3cc(-c5ccccc5)ccc34)oc12.[CH2-]c1ccccc1-c1ccc(F)c[n+]1[CH2-].[Ir+3]. The van der Waals surface area contributed by atoms with E-state index in [0.29, 0.717) is 17.7 Å². The quantitative estimate of drug-likeness (QED) is 0.118. The average molecular weight is 989 g/mol. The van der Waals surface area contributed by atoms with Crippen molar-refractivity contribution in [3.8, 4) is 56.1 Å². The van der Waals surface area contributed by atoms with E-state index in [1.807, 2.05) is 42.5 Å². The Bertz CT molecular complexity index is 3160. The van der Waals surface area contributed by atoms with E-state index in [-0.39, 0.29) is 25.9 Å². The molecule has 0 fully saturated rings. The van der Waals surface area contributed by atoms with Gasteiger partial charge in [-0.1, -0.05) is 142 Å². The standard InChI is InChI=1S/C43H34NO2.C13H11FN.Ir/c1-26(2)36-23-31(29-15-9-6-10-16-29)24-37(27(3)4)40(36)34-18-12-20-38-42(34)46-43(44-38)35-19-11-17-33-32-22-21-30(25-39(32)45-41(33)35)28-13-7-5-8-14-28;1-10-5-3-4-6-12(10)13-8-7-11(14)9-15(13)2;/h5-18,20-27H,1-4H3;3-9H,1-2H2;/q2*-1;+3. The van der Waals surface area contributed by atoms with E-state index >= 15 is 0 Å². The third kappa shape index (κ3) is 8.08. The maximum atomic E-state index is 12.9. The van der Waals surface area contributed by atoms with E-state index in [4.69, 9.17) is 13.8 Å². The fourth-order valence-corrected chi connectivity index (χ4v) is 8.20. The second kappa shape index (κ2) is 17.7. The normalized spacial score (nSPS) is 11.3. The van der Waals surface area contributed by atoms with Crippen LogP contribution < -0.4 is 4.57 Å². The molecule has 0 spiro atoms. The smallest absolute Gasteiger partial charge is 0.500 e. The van der Waals surface area contributed by atoms with E-state index in [2.05, 4.69) is 151 Å². The van der Waals surface area contributed by atoms with Crippen LogP contribution in [0.4, 0.5) is 4.39 Å². The summed E-state index contributed by atoms with van der Waals surface area (Å²) in [7, 11) is 3.75. The number of rotatable bonds is 7. The predicted molar refractivity (Wildman–Crippen MR) is 247 cm³/mol. The summed E-state index contributed by atoms with van der Waals surface area (Å²) in [5, 5.41) is 2.08. The van der Waals surface area contributed by atoms with Crippen LogP contribution >= 0.6 is 0 Å². The molecule has 0 N–H and O–H groups in total. The molecule has 306 valence electrons. The molecule has 6 heteroatoms. The zero-order valence-electron chi connectivity index (χ0n) is 35.1. The van der Waals surface area contributed by atoms with Crippen LogP contribution in [0.1, 0.15) is 56.2 Å². The number of furan rings is 1. The molecule has 0 atom stereocenters. The number of hydrogen-bond donors (Lipinski definition) is 0. The molecule has 0 aliphatic rings. The number of aromatic nitrogens is 2. The predicted octanol–water partition coefficient (Wildman–Crippen LogP) is 15.0. The Labute approximate surface area is 376 Å². The molecule has 0 radical (unpaired) electrons. The fraction of sp³-hybridized carbons (Fsp3) is 0.107. The van der Waals surface area contributed by atoms with Crippen LogP contribution in [0.3, 0.4) is 0 Å². The number of hydrogen-bond acceptors (Lipinski definition) is 3. The molecule has 7 aromatic carbocycles. The summed E-state index contributed by atoms with van der Waals surface area (Å²) in [5.41, 5.74) is 16.2. The largest absolute Gasteiger partial charge is 3.00 e. The minimum absolute atomic E-state index is 0. The van der Waals surface area contributed by atoms with Gasteiger partial charge in [0.05, 0.1) is 16.8 Å². The topological polar surface area (TPSA) is 43.1 Å². The van der Waals surface area contributed by atoms with Crippen molar-refractivity contribution in [2.24, 2.45) is 0 Å². The third-order valence-corrected chi connectivity index (χ3v) is 11.3. The van der Waals surface area contributed by atoms with E-state index in [9.17, 15) is 4.39 Å². The van der Waals surface area contributed by atoms with Crippen molar-refractivity contribution in [2.75, 3.05) is 0 Å². The first-order valence-electron chi connectivity index (χ1n) is 20.6. The monoisotopic (exact) mass is 989 g/mol. The van der Waals surface area contributed by atoms with Gasteiger partial charge in [0.1, 0.15) is 29.1 Å². The molecule has 3 aromatic heterocycles. The molecule has 0 aliphatic heterocycles. The number of halogens is 1. The molecule has 0 unspecified atom stereocenters. The molecular formula is C56H45FIrN2O2+. The minimum atomic E-state index is -0.296. The molecular weight excluding hydrogens is 944 g/mol. The van der Waals surface area contributed by atoms with Gasteiger partial charge in [0, 0.05) is 18.0 Å². The van der Waals surface area contributed by atoms with Crippen LogP contribution in [0.25, 0.3) is 89.1 Å². The molecule has 10 aromatic rings. The molecule has 0 amide bonds. The second-order valence-corrected chi connectivity index (χ2v) is 16.0. The van der Waals surface area contributed by atoms with Crippen molar-refractivity contribution in [2.45, 2.75) is 39.5 Å². The molecule has 4 nitrogen and oxygen atoms in total. The Morgan fingerprint density at radius 3 is 1.92 bits per heavy atom. The van der Waals surface area contributed by atoms with Crippen molar-refractivity contribution in [1.29, 1.82) is 0 Å². The van der Waals surface area contributed by atoms with Gasteiger partial charge in [0.15, 0.2) is 0 Å². The zero-order chi connectivity index (χ0) is 42.2. The van der Waals surface area contributed by atoms with Gasteiger partial charge in [-0.25, -0.2) is 4.39 Å². The number of fused-ring (bicyclic) bond motifs is 4. The summed E-state index contributed by atoms with van der Waals surface area (Å²) in [4.78, 5) is 5.01. The first-order valence-corrected chi connectivity index (χ1v) is 20.6. The van der Waals surface area contributed by atoms with Crippen LogP contribution in [0.15, 0.2) is 173 Å². The number of benzene rings is 7. The maximum Gasteiger partial charge on any atom is 3.00 e. The van der Waals surface area contributed by atoms with Crippen molar-refractivity contribution < 1.29 is 37.9 Å². The average Bonchev–Trinajstić information content (AvgIpc) is 3.89. The van der Waals surface area contributed by atoms with Gasteiger partial charge in [-0.15, -0.1) is 35.9 Å². The second-order valence-electron chi connectivity index (χ2n) is 16.0. The van der Waals surface area contributed by atoms with Gasteiger partial charge in [0.2, 0.25) is 0 Å². The van der Waals surface area contributed by atoms with Gasteiger partial charge < -0.3 is 13.4 Å². The van der Waals surface area contributed by atoms with Crippen LogP contribution in [0.5, 0.6) is 0 Å². The number of oxazole rings is 1. The molecule has 62 heavy (non-hydrogen) atoms. The van der Waals surface area contributed by atoms with Gasteiger partial charge in [-0.05, 0) is 74.5 Å². The van der Waals surface area contributed by atoms with Crippen LogP contribution in [-0.4, -0.2) is 4.98 Å². The Morgan fingerprint density at radius 1 is 0.613 bits per heavy atom. The fourth-order valence-electron chi connectivity index (χ4n) is 8.20. The van der Waals surface area contributed by atoms with E-state index in [0.717, 1.165) is 72.1 Å². The summed E-state index contributed by atoms with van der Waals surface area (Å²) in [6.45, 7) is 13.0. The van der Waals surface area contributed by atoms with Gasteiger partial charge in [0.25, 0.3) is 0 Å². The summed E-state index contributed by atoms with van der Waals surface area (Å²) in [6, 6.07) is 56.6. The summed E-state index contributed by atoms with van der Waals surface area (Å²) in [5.74, 6) is 0.836. The van der Waals surface area contributed by atoms with E-state index in [1.54, 1.807) is 6.07 Å². The molecule has 10 rings (SSSR count). The van der Waals surface area contributed by atoms with Gasteiger partial charge >= 0.3 is 20.1 Å². The zero-order valence-corrected chi connectivity index (χ0v) is 37.5. The minimum Gasteiger partial charge on any atom is -0.500 e. The van der Waals surface area contributed by atoms with Crippen molar-refractivity contribution in [1.82, 2.24) is 4.98 Å². The van der Waals surface area contributed by atoms with E-state index < -0.39 is 0 Å².